The molecule has 3 amide bonds. The van der Waals surface area contributed by atoms with Crippen LogP contribution < -0.4 is 10.7 Å². The van der Waals surface area contributed by atoms with Crippen LogP contribution >= 0.6 is 11.6 Å². The number of likely N-dealkylation sites (tertiary alicyclic amines) is 2. The van der Waals surface area contributed by atoms with Crippen molar-refractivity contribution in [3.8, 4) is 0 Å². The Balaban J connectivity index is 0.000000535. The first-order chi connectivity index (χ1) is 24.1. The Labute approximate surface area is 299 Å². The number of nitrogens with zero attached hydrogens (tertiary/aromatic N) is 2. The topological polar surface area (TPSA) is 99.9 Å². The molecule has 1 atom stereocenters. The van der Waals surface area contributed by atoms with Gasteiger partial charge in [-0.2, -0.15) is 0 Å². The molecule has 1 N–H and O–H groups in total. The lowest BCUT2D eigenvalue weighted by atomic mass is 9.86. The molecule has 2 aliphatic heterocycles. The van der Waals surface area contributed by atoms with Crippen LogP contribution in [-0.2, 0) is 16.1 Å². The second-order valence-electron chi connectivity index (χ2n) is 13.5. The van der Waals surface area contributed by atoms with Crippen molar-refractivity contribution in [2.24, 2.45) is 0 Å². The minimum absolute atomic E-state index is 0.0983. The van der Waals surface area contributed by atoms with Crippen LogP contribution in [0.2, 0.25) is 5.02 Å². The van der Waals surface area contributed by atoms with Gasteiger partial charge in [-0.25, -0.2) is 0 Å². The number of fused-ring (bicyclic) bond motifs is 1. The van der Waals surface area contributed by atoms with E-state index >= 15 is 0 Å². The number of hydrogen-bond donors (Lipinski definition) is 1. The molecular weight excluding hydrogens is 650 g/mol. The van der Waals surface area contributed by atoms with Gasteiger partial charge in [-0.1, -0.05) is 86.3 Å². The van der Waals surface area contributed by atoms with E-state index in [4.69, 9.17) is 16.0 Å². The predicted octanol–water partition coefficient (Wildman–Crippen LogP) is 7.99. The first-order valence-electron chi connectivity index (χ1n) is 17.8. The normalized spacial score (nSPS) is 15.5. The first kappa shape index (κ1) is 36.8. The molecule has 1 aromatic heterocycles. The number of hydrogen-bond acceptors (Lipinski definition) is 5. The third-order valence-corrected chi connectivity index (χ3v) is 10.1. The van der Waals surface area contributed by atoms with E-state index < -0.39 is 5.91 Å². The van der Waals surface area contributed by atoms with Gasteiger partial charge in [-0.3, -0.25) is 19.2 Å². The average Bonchev–Trinajstić information content (AvgIpc) is 3.54. The van der Waals surface area contributed by atoms with Gasteiger partial charge in [0.15, 0.2) is 11.2 Å². The van der Waals surface area contributed by atoms with Crippen molar-refractivity contribution < 1.29 is 18.8 Å². The third kappa shape index (κ3) is 9.63. The highest BCUT2D eigenvalue weighted by Gasteiger charge is 2.27. The van der Waals surface area contributed by atoms with Gasteiger partial charge in [0.05, 0.1) is 11.9 Å². The quantitative estimate of drug-likeness (QED) is 0.181. The minimum Gasteiger partial charge on any atom is -0.451 e. The number of rotatable bonds is 10. The monoisotopic (exact) mass is 697 g/mol. The Bertz CT molecular complexity index is 1820. The Morgan fingerprint density at radius 2 is 1.72 bits per heavy atom. The van der Waals surface area contributed by atoms with E-state index in [0.717, 1.165) is 55.7 Å². The summed E-state index contributed by atoms with van der Waals surface area (Å²) in [5.41, 5.74) is 4.86. The molecule has 1 unspecified atom stereocenters. The molecule has 3 heterocycles. The fourth-order valence-electron chi connectivity index (χ4n) is 6.75. The molecule has 8 nitrogen and oxygen atoms in total. The van der Waals surface area contributed by atoms with Crippen LogP contribution in [0, 0.1) is 6.92 Å². The SMILES string of the molecule is CCCCC(C)c1ccc2oc(C(=O)NCC(=O)N3CCC(c4ccccc4CN4CCCC4=O)CC3)cc(=O)c2c1.Cc1ccc(Cl)cc1. The second kappa shape index (κ2) is 17.5. The van der Waals surface area contributed by atoms with Gasteiger partial charge in [-0.15, -0.1) is 0 Å². The first-order valence-corrected chi connectivity index (χ1v) is 18.2. The molecule has 0 aliphatic carbocycles. The maximum atomic E-state index is 12.9. The molecule has 2 aliphatic rings. The largest absolute Gasteiger partial charge is 0.451 e. The highest BCUT2D eigenvalue weighted by Crippen LogP contribution is 2.32. The molecule has 9 heteroatoms. The molecular formula is C41H48ClN3O5. The molecule has 6 rings (SSSR count). The molecule has 0 spiro atoms. The smallest absolute Gasteiger partial charge is 0.287 e. The van der Waals surface area contributed by atoms with E-state index in [1.807, 2.05) is 60.4 Å². The number of halogens is 1. The van der Waals surface area contributed by atoms with Gasteiger partial charge >= 0.3 is 0 Å². The summed E-state index contributed by atoms with van der Waals surface area (Å²) in [4.78, 5) is 54.5. The average molecular weight is 698 g/mol. The molecule has 2 saturated heterocycles. The minimum atomic E-state index is -0.581. The number of unbranched alkanes of at least 4 members (excludes halogenated alkanes) is 1. The summed E-state index contributed by atoms with van der Waals surface area (Å²) in [5, 5.41) is 3.90. The molecule has 0 bridgehead atoms. The fourth-order valence-corrected chi connectivity index (χ4v) is 6.88. The molecule has 2 fully saturated rings. The summed E-state index contributed by atoms with van der Waals surface area (Å²) in [6.07, 6.45) is 6.49. The van der Waals surface area contributed by atoms with Crippen LogP contribution in [0.4, 0.5) is 0 Å². The molecule has 0 saturated carbocycles. The van der Waals surface area contributed by atoms with Gasteiger partial charge in [0.25, 0.3) is 5.91 Å². The van der Waals surface area contributed by atoms with Crippen molar-refractivity contribution in [3.05, 3.63) is 116 Å². The van der Waals surface area contributed by atoms with Crippen molar-refractivity contribution >= 4 is 40.3 Å². The summed E-state index contributed by atoms with van der Waals surface area (Å²) in [5.74, 6) is 0.0352. The van der Waals surface area contributed by atoms with E-state index in [-0.39, 0.29) is 29.5 Å². The zero-order chi connectivity index (χ0) is 35.6. The number of carbonyl (C=O) groups excluding carboxylic acids is 3. The summed E-state index contributed by atoms with van der Waals surface area (Å²) in [6, 6.07) is 22.8. The van der Waals surface area contributed by atoms with Crippen LogP contribution in [0.5, 0.6) is 0 Å². The number of benzene rings is 3. The number of amides is 3. The number of aryl methyl sites for hydroxylation is 1. The van der Waals surface area contributed by atoms with E-state index in [1.165, 1.54) is 22.8 Å². The van der Waals surface area contributed by atoms with Crippen molar-refractivity contribution in [1.82, 2.24) is 15.1 Å². The molecule has 50 heavy (non-hydrogen) atoms. The van der Waals surface area contributed by atoms with Crippen LogP contribution in [0.3, 0.4) is 0 Å². The lowest BCUT2D eigenvalue weighted by Gasteiger charge is -2.33. The van der Waals surface area contributed by atoms with E-state index in [1.54, 1.807) is 11.0 Å². The van der Waals surface area contributed by atoms with Crippen molar-refractivity contribution in [2.75, 3.05) is 26.2 Å². The highest BCUT2D eigenvalue weighted by atomic mass is 35.5. The lowest BCUT2D eigenvalue weighted by Crippen LogP contribution is -2.44. The molecule has 3 aromatic carbocycles. The number of nitrogens with one attached hydrogen (secondary N) is 1. The van der Waals surface area contributed by atoms with Crippen molar-refractivity contribution in [3.63, 3.8) is 0 Å². The summed E-state index contributed by atoms with van der Waals surface area (Å²) in [7, 11) is 0. The fraction of sp³-hybridized carbons (Fsp3) is 0.415. The van der Waals surface area contributed by atoms with Gasteiger partial charge in [0.1, 0.15) is 5.58 Å². The number of carbonyl (C=O) groups is 3. The summed E-state index contributed by atoms with van der Waals surface area (Å²) in [6.45, 7) is 8.84. The molecule has 264 valence electrons. The third-order valence-electron chi connectivity index (χ3n) is 9.82. The zero-order valence-electron chi connectivity index (χ0n) is 29.4. The Hall–Kier alpha value is -4.43. The highest BCUT2D eigenvalue weighted by molar-refractivity contribution is 6.30. The summed E-state index contributed by atoms with van der Waals surface area (Å²) < 4.78 is 5.76. The lowest BCUT2D eigenvalue weighted by molar-refractivity contribution is -0.131. The second-order valence-corrected chi connectivity index (χ2v) is 14.0. The van der Waals surface area contributed by atoms with Gasteiger partial charge in [0, 0.05) is 43.7 Å². The maximum absolute atomic E-state index is 12.9. The van der Waals surface area contributed by atoms with Crippen LogP contribution in [-0.4, -0.2) is 53.7 Å². The van der Waals surface area contributed by atoms with Crippen molar-refractivity contribution in [1.29, 1.82) is 0 Å². The van der Waals surface area contributed by atoms with E-state index in [0.29, 0.717) is 48.9 Å². The van der Waals surface area contributed by atoms with Crippen LogP contribution in [0.15, 0.2) is 82.0 Å². The molecule has 0 radical (unpaired) electrons. The maximum Gasteiger partial charge on any atom is 0.287 e. The van der Waals surface area contributed by atoms with Crippen LogP contribution in [0.1, 0.15) is 103 Å². The Morgan fingerprint density at radius 1 is 0.980 bits per heavy atom. The zero-order valence-corrected chi connectivity index (χ0v) is 30.1. The van der Waals surface area contributed by atoms with Crippen molar-refractivity contribution in [2.45, 2.75) is 84.1 Å². The standard InChI is InChI=1S/C34H41N3O5.C7H7Cl/c1-3-4-8-23(2)25-12-13-30-28(19-25)29(38)20-31(42-30)34(41)35-21-33(40)36-17-14-24(15-18-36)27-10-6-5-9-26(27)22-37-16-7-11-32(37)39;1-6-2-4-7(8)5-3-6/h5-6,9-10,12-13,19-20,23-24H,3-4,7-8,11,14-18,21-22H2,1-2H3,(H,35,41);2-5H,1H3. The van der Waals surface area contributed by atoms with E-state index in [9.17, 15) is 19.2 Å². The molecule has 4 aromatic rings. The summed E-state index contributed by atoms with van der Waals surface area (Å²) >= 11 is 5.61. The Kier molecular flexibility index (Phi) is 12.9. The predicted molar refractivity (Wildman–Crippen MR) is 199 cm³/mol. The van der Waals surface area contributed by atoms with Gasteiger partial charge in [-0.05, 0) is 85.4 Å². The number of piperidine rings is 1. The van der Waals surface area contributed by atoms with Crippen LogP contribution in [0.25, 0.3) is 11.0 Å². The van der Waals surface area contributed by atoms with Gasteiger partial charge in [0.2, 0.25) is 11.8 Å². The van der Waals surface area contributed by atoms with E-state index in [2.05, 4.69) is 31.3 Å². The Morgan fingerprint density at radius 3 is 2.40 bits per heavy atom. The van der Waals surface area contributed by atoms with Gasteiger partial charge < -0.3 is 19.5 Å².